The number of hydrogen-bond acceptors (Lipinski definition) is 2. The van der Waals surface area contributed by atoms with Crippen LogP contribution in [0.4, 0.5) is 4.79 Å². The van der Waals surface area contributed by atoms with Crippen LogP contribution in [-0.2, 0) is 0 Å². The Labute approximate surface area is 97.8 Å². The lowest BCUT2D eigenvalue weighted by Crippen LogP contribution is -2.41. The lowest BCUT2D eigenvalue weighted by atomic mass is 10.3. The van der Waals surface area contributed by atoms with E-state index in [2.05, 4.69) is 24.5 Å². The van der Waals surface area contributed by atoms with Crippen molar-refractivity contribution in [3.8, 4) is 0 Å². The molecule has 0 aromatic rings. The van der Waals surface area contributed by atoms with E-state index in [4.69, 9.17) is 0 Å². The summed E-state index contributed by atoms with van der Waals surface area (Å²) in [4.78, 5) is 11.3. The van der Waals surface area contributed by atoms with Gasteiger partial charge >= 0.3 is 6.03 Å². The molecule has 1 unspecified atom stereocenters. The number of nitrogens with one attached hydrogen (secondary N) is 2. The molecule has 0 spiro atoms. The second-order valence-electron chi connectivity index (χ2n) is 3.68. The summed E-state index contributed by atoms with van der Waals surface area (Å²) in [6, 6.07) is 0.221. The third-order valence-electron chi connectivity index (χ3n) is 2.16. The second-order valence-corrected chi connectivity index (χ2v) is 4.90. The van der Waals surface area contributed by atoms with Gasteiger partial charge in [-0.2, -0.15) is 11.8 Å². The monoisotopic (exact) mass is 232 g/mol. The molecule has 2 N–H and O–H groups in total. The van der Waals surface area contributed by atoms with Crippen LogP contribution in [0.2, 0.25) is 0 Å². The summed E-state index contributed by atoms with van der Waals surface area (Å²) in [5, 5.41) is 5.73. The summed E-state index contributed by atoms with van der Waals surface area (Å²) in [6.07, 6.45) is 3.48. The molecule has 15 heavy (non-hydrogen) atoms. The first-order valence-corrected chi connectivity index (χ1v) is 6.98. The maximum atomic E-state index is 11.3. The van der Waals surface area contributed by atoms with E-state index in [1.54, 1.807) is 0 Å². The van der Waals surface area contributed by atoms with Crippen LogP contribution in [-0.4, -0.2) is 30.1 Å². The number of amides is 2. The molecule has 3 nitrogen and oxygen atoms in total. The summed E-state index contributed by atoms with van der Waals surface area (Å²) < 4.78 is 0. The Morgan fingerprint density at radius 1 is 1.33 bits per heavy atom. The quantitative estimate of drug-likeness (QED) is 0.632. The fourth-order valence-corrected chi connectivity index (χ4v) is 1.91. The van der Waals surface area contributed by atoms with Crippen molar-refractivity contribution in [2.24, 2.45) is 0 Å². The van der Waals surface area contributed by atoms with Crippen LogP contribution in [0.1, 0.15) is 40.0 Å². The smallest absolute Gasteiger partial charge is 0.315 e. The number of carbonyl (C=O) groups excluding carboxylic acids is 1. The lowest BCUT2D eigenvalue weighted by Gasteiger charge is -2.12. The molecular formula is C11H24N2OS. The van der Waals surface area contributed by atoms with Crippen molar-refractivity contribution in [1.82, 2.24) is 10.6 Å². The van der Waals surface area contributed by atoms with Gasteiger partial charge in [-0.3, -0.25) is 0 Å². The summed E-state index contributed by atoms with van der Waals surface area (Å²) in [7, 11) is 0. The standard InChI is InChI=1S/C11H24N2OS/c1-4-6-8-15-9-7-12-11(14)13-10(3)5-2/h10H,4-9H2,1-3H3,(H2,12,13,14). The molecule has 0 aromatic heterocycles. The lowest BCUT2D eigenvalue weighted by molar-refractivity contribution is 0.238. The fraction of sp³-hybridized carbons (Fsp3) is 0.909. The highest BCUT2D eigenvalue weighted by atomic mass is 32.2. The zero-order valence-electron chi connectivity index (χ0n) is 10.1. The topological polar surface area (TPSA) is 41.1 Å². The number of carbonyl (C=O) groups is 1. The van der Waals surface area contributed by atoms with Crippen LogP contribution in [0.5, 0.6) is 0 Å². The van der Waals surface area contributed by atoms with Gasteiger partial charge in [0.15, 0.2) is 0 Å². The molecule has 0 aliphatic carbocycles. The van der Waals surface area contributed by atoms with Crippen molar-refractivity contribution in [3.05, 3.63) is 0 Å². The Balaban J connectivity index is 3.24. The van der Waals surface area contributed by atoms with Gasteiger partial charge in [-0.05, 0) is 25.5 Å². The van der Waals surface area contributed by atoms with Gasteiger partial charge in [-0.1, -0.05) is 20.3 Å². The Bertz CT molecular complexity index is 165. The SMILES string of the molecule is CCCCSCCNC(=O)NC(C)CC. The van der Waals surface area contributed by atoms with Gasteiger partial charge < -0.3 is 10.6 Å². The number of rotatable bonds is 8. The minimum absolute atomic E-state index is 0.0413. The predicted octanol–water partition coefficient (Wildman–Crippen LogP) is 2.62. The van der Waals surface area contributed by atoms with E-state index < -0.39 is 0 Å². The molecule has 0 aliphatic rings. The molecule has 0 aliphatic heterocycles. The van der Waals surface area contributed by atoms with E-state index >= 15 is 0 Å². The molecule has 90 valence electrons. The number of unbranched alkanes of at least 4 members (excludes halogenated alkanes) is 1. The summed E-state index contributed by atoms with van der Waals surface area (Å²) in [5.41, 5.74) is 0. The first-order chi connectivity index (χ1) is 7.20. The van der Waals surface area contributed by atoms with Crippen molar-refractivity contribution in [3.63, 3.8) is 0 Å². The molecule has 0 saturated heterocycles. The van der Waals surface area contributed by atoms with E-state index in [9.17, 15) is 4.79 Å². The van der Waals surface area contributed by atoms with E-state index in [0.717, 1.165) is 18.7 Å². The first kappa shape index (κ1) is 14.6. The van der Waals surface area contributed by atoms with Crippen molar-refractivity contribution < 1.29 is 4.79 Å². The summed E-state index contributed by atoms with van der Waals surface area (Å²) >= 11 is 1.90. The molecule has 0 saturated carbocycles. The van der Waals surface area contributed by atoms with Crippen LogP contribution >= 0.6 is 11.8 Å². The zero-order valence-corrected chi connectivity index (χ0v) is 11.0. The van der Waals surface area contributed by atoms with Crippen molar-refractivity contribution in [1.29, 1.82) is 0 Å². The van der Waals surface area contributed by atoms with Gasteiger partial charge in [0.2, 0.25) is 0 Å². The minimum atomic E-state index is -0.0413. The van der Waals surface area contributed by atoms with Gasteiger partial charge in [0.1, 0.15) is 0 Å². The molecule has 1 atom stereocenters. The Morgan fingerprint density at radius 2 is 2.07 bits per heavy atom. The predicted molar refractivity (Wildman–Crippen MR) is 68.5 cm³/mol. The Hall–Kier alpha value is -0.380. The molecule has 0 radical (unpaired) electrons. The van der Waals surface area contributed by atoms with Gasteiger partial charge in [-0.15, -0.1) is 0 Å². The fourth-order valence-electron chi connectivity index (χ4n) is 0.962. The van der Waals surface area contributed by atoms with Crippen molar-refractivity contribution in [2.75, 3.05) is 18.1 Å². The average Bonchev–Trinajstić information content (AvgIpc) is 2.23. The highest BCUT2D eigenvalue weighted by Crippen LogP contribution is 2.02. The third-order valence-corrected chi connectivity index (χ3v) is 3.23. The maximum Gasteiger partial charge on any atom is 0.315 e. The maximum absolute atomic E-state index is 11.3. The highest BCUT2D eigenvalue weighted by molar-refractivity contribution is 7.99. The summed E-state index contributed by atoms with van der Waals surface area (Å²) in [5.74, 6) is 2.21. The molecule has 0 bridgehead atoms. The molecule has 0 aromatic carbocycles. The minimum Gasteiger partial charge on any atom is -0.337 e. The van der Waals surface area contributed by atoms with E-state index in [1.165, 1.54) is 18.6 Å². The average molecular weight is 232 g/mol. The van der Waals surface area contributed by atoms with Crippen LogP contribution in [0, 0.1) is 0 Å². The van der Waals surface area contributed by atoms with Crippen LogP contribution in [0.3, 0.4) is 0 Å². The van der Waals surface area contributed by atoms with Gasteiger partial charge in [0.05, 0.1) is 0 Å². The van der Waals surface area contributed by atoms with Crippen molar-refractivity contribution >= 4 is 17.8 Å². The van der Waals surface area contributed by atoms with Crippen LogP contribution in [0.15, 0.2) is 0 Å². The Morgan fingerprint density at radius 3 is 2.67 bits per heavy atom. The molecule has 4 heteroatoms. The van der Waals surface area contributed by atoms with Gasteiger partial charge in [-0.25, -0.2) is 4.79 Å². The first-order valence-electron chi connectivity index (χ1n) is 5.82. The number of hydrogen-bond donors (Lipinski definition) is 2. The summed E-state index contributed by atoms with van der Waals surface area (Å²) in [6.45, 7) is 7.02. The largest absolute Gasteiger partial charge is 0.337 e. The van der Waals surface area contributed by atoms with Crippen molar-refractivity contribution in [2.45, 2.75) is 46.1 Å². The van der Waals surface area contributed by atoms with E-state index in [-0.39, 0.29) is 12.1 Å². The molecule has 0 fully saturated rings. The van der Waals surface area contributed by atoms with E-state index in [0.29, 0.717) is 0 Å². The van der Waals surface area contributed by atoms with Gasteiger partial charge in [0, 0.05) is 18.3 Å². The van der Waals surface area contributed by atoms with Crippen LogP contribution in [0.25, 0.3) is 0 Å². The third kappa shape index (κ3) is 9.91. The number of urea groups is 1. The Kier molecular flexibility index (Phi) is 9.89. The highest BCUT2D eigenvalue weighted by Gasteiger charge is 2.03. The zero-order chi connectivity index (χ0) is 11.5. The molecule has 2 amide bonds. The normalized spacial score (nSPS) is 12.2. The molecule has 0 heterocycles. The van der Waals surface area contributed by atoms with Gasteiger partial charge in [0.25, 0.3) is 0 Å². The second kappa shape index (κ2) is 10.1. The van der Waals surface area contributed by atoms with E-state index in [1.807, 2.05) is 18.7 Å². The van der Waals surface area contributed by atoms with Crippen LogP contribution < -0.4 is 10.6 Å². The molecular weight excluding hydrogens is 208 g/mol. The molecule has 0 rings (SSSR count). The number of thioether (sulfide) groups is 1.